The minimum atomic E-state index is -0.956. The topological polar surface area (TPSA) is 107 Å². The van der Waals surface area contributed by atoms with Crippen molar-refractivity contribution in [3.63, 3.8) is 0 Å². The smallest absolute Gasteiger partial charge is 0.295 e. The zero-order chi connectivity index (χ0) is 27.6. The monoisotopic (exact) mass is 518 g/mol. The molecule has 1 N–H and O–H groups in total. The Kier molecular flexibility index (Phi) is 7.57. The molecule has 1 amide bonds. The molecular formula is C29H30N2O7. The number of aliphatic hydroxyl groups excluding tert-OH is 1. The van der Waals surface area contributed by atoms with E-state index in [1.54, 1.807) is 42.7 Å². The van der Waals surface area contributed by atoms with Gasteiger partial charge in [-0.15, -0.1) is 0 Å². The summed E-state index contributed by atoms with van der Waals surface area (Å²) < 4.78 is 22.1. The molecule has 4 rings (SSSR count). The van der Waals surface area contributed by atoms with Gasteiger partial charge in [0.15, 0.2) is 11.5 Å². The van der Waals surface area contributed by atoms with Gasteiger partial charge < -0.3 is 29.0 Å². The Morgan fingerprint density at radius 2 is 1.50 bits per heavy atom. The van der Waals surface area contributed by atoms with Crippen molar-refractivity contribution >= 4 is 17.4 Å². The molecule has 1 fully saturated rings. The molecule has 1 aliphatic rings. The van der Waals surface area contributed by atoms with Crippen LogP contribution in [0.3, 0.4) is 0 Å². The number of rotatable bonds is 8. The van der Waals surface area contributed by atoms with Gasteiger partial charge in [-0.2, -0.15) is 0 Å². The molecule has 1 unspecified atom stereocenters. The van der Waals surface area contributed by atoms with E-state index in [0.717, 1.165) is 16.7 Å². The number of hydrogen-bond acceptors (Lipinski definition) is 8. The van der Waals surface area contributed by atoms with Crippen LogP contribution in [-0.4, -0.2) is 55.1 Å². The summed E-state index contributed by atoms with van der Waals surface area (Å²) >= 11 is 0. The van der Waals surface area contributed by atoms with Crippen LogP contribution in [0.4, 0.5) is 0 Å². The van der Waals surface area contributed by atoms with E-state index in [-0.39, 0.29) is 17.9 Å². The van der Waals surface area contributed by atoms with Crippen molar-refractivity contribution in [2.45, 2.75) is 26.4 Å². The highest BCUT2D eigenvalue weighted by atomic mass is 16.5. The van der Waals surface area contributed by atoms with Gasteiger partial charge in [-0.05, 0) is 66.4 Å². The molecule has 198 valence electrons. The highest BCUT2D eigenvalue weighted by molar-refractivity contribution is 6.46. The van der Waals surface area contributed by atoms with E-state index in [0.29, 0.717) is 34.1 Å². The van der Waals surface area contributed by atoms with Crippen molar-refractivity contribution in [3.8, 4) is 23.0 Å². The number of Topliss-reactive ketones (excluding diaryl/α,β-unsaturated/α-hetero) is 1. The second-order valence-corrected chi connectivity index (χ2v) is 8.90. The minimum absolute atomic E-state index is 0.0679. The molecule has 0 radical (unpaired) electrons. The first-order valence-corrected chi connectivity index (χ1v) is 11.9. The van der Waals surface area contributed by atoms with Gasteiger partial charge in [0.2, 0.25) is 5.75 Å². The van der Waals surface area contributed by atoms with E-state index in [4.69, 9.17) is 18.9 Å². The van der Waals surface area contributed by atoms with Gasteiger partial charge in [0, 0.05) is 18.9 Å². The lowest BCUT2D eigenvalue weighted by Gasteiger charge is -2.27. The van der Waals surface area contributed by atoms with Crippen LogP contribution in [0.5, 0.6) is 23.0 Å². The first kappa shape index (κ1) is 26.5. The number of carbonyl (C=O) groups excluding carboxylic acids is 2. The number of methoxy groups -OCH3 is 4. The number of hydrogen-bond donors (Lipinski definition) is 1. The average molecular weight is 519 g/mol. The number of amides is 1. The molecule has 0 spiro atoms. The van der Waals surface area contributed by atoms with Crippen LogP contribution in [0.2, 0.25) is 0 Å². The fourth-order valence-electron chi connectivity index (χ4n) is 4.88. The SMILES string of the molecule is COc1cc(C2/C(=C(\O)c3cc(C)cc(C)c3OC)C(=O)C(=O)N2Cc2ccncc2)cc(OC)c1OC. The fraction of sp³-hybridized carbons (Fsp3) is 0.276. The summed E-state index contributed by atoms with van der Waals surface area (Å²) in [4.78, 5) is 32.5. The Morgan fingerprint density at radius 3 is 2.05 bits per heavy atom. The third kappa shape index (κ3) is 4.63. The van der Waals surface area contributed by atoms with E-state index in [1.165, 1.54) is 33.3 Å². The van der Waals surface area contributed by atoms with E-state index < -0.39 is 17.7 Å². The summed E-state index contributed by atoms with van der Waals surface area (Å²) in [5, 5.41) is 11.6. The number of carbonyl (C=O) groups is 2. The Morgan fingerprint density at radius 1 is 0.895 bits per heavy atom. The molecule has 3 aromatic rings. The van der Waals surface area contributed by atoms with Crippen molar-refractivity contribution < 1.29 is 33.6 Å². The number of ether oxygens (including phenoxy) is 4. The van der Waals surface area contributed by atoms with Crippen LogP contribution in [0.25, 0.3) is 5.76 Å². The van der Waals surface area contributed by atoms with Crippen molar-refractivity contribution in [1.82, 2.24) is 9.88 Å². The molecule has 9 heteroatoms. The van der Waals surface area contributed by atoms with Gasteiger partial charge in [0.25, 0.3) is 11.7 Å². The Labute approximate surface area is 221 Å². The first-order valence-electron chi connectivity index (χ1n) is 11.9. The molecule has 2 heterocycles. The predicted octanol–water partition coefficient (Wildman–Crippen LogP) is 4.35. The minimum Gasteiger partial charge on any atom is -0.507 e. The number of aromatic nitrogens is 1. The van der Waals surface area contributed by atoms with Gasteiger partial charge in [-0.1, -0.05) is 6.07 Å². The molecule has 9 nitrogen and oxygen atoms in total. The third-order valence-corrected chi connectivity index (χ3v) is 6.52. The number of aryl methyl sites for hydroxylation is 2. The lowest BCUT2D eigenvalue weighted by molar-refractivity contribution is -0.140. The Bertz CT molecular complexity index is 1390. The highest BCUT2D eigenvalue weighted by Crippen LogP contribution is 2.47. The summed E-state index contributed by atoms with van der Waals surface area (Å²) in [6, 6.07) is 9.55. The van der Waals surface area contributed by atoms with Gasteiger partial charge in [-0.25, -0.2) is 0 Å². The van der Waals surface area contributed by atoms with Crippen molar-refractivity contribution in [1.29, 1.82) is 0 Å². The zero-order valence-electron chi connectivity index (χ0n) is 22.2. The lowest BCUT2D eigenvalue weighted by atomic mass is 9.93. The Hall–Kier alpha value is -4.53. The number of aliphatic hydroxyl groups is 1. The number of benzene rings is 2. The molecule has 0 bridgehead atoms. The maximum Gasteiger partial charge on any atom is 0.295 e. The zero-order valence-corrected chi connectivity index (χ0v) is 22.2. The quantitative estimate of drug-likeness (QED) is 0.266. The summed E-state index contributed by atoms with van der Waals surface area (Å²) in [6.45, 7) is 3.83. The van der Waals surface area contributed by atoms with Crippen molar-refractivity contribution in [2.24, 2.45) is 0 Å². The average Bonchev–Trinajstić information content (AvgIpc) is 3.16. The molecule has 2 aromatic carbocycles. The standard InChI is InChI=1S/C29H30N2O7/c1-16-11-17(2)27(37-5)20(12-16)25(32)23-24(19-13-21(35-3)28(38-6)22(14-19)36-4)31(29(34)26(23)33)15-18-7-9-30-10-8-18/h7-14,24,32H,15H2,1-6H3/b25-23+. The second-order valence-electron chi connectivity index (χ2n) is 8.90. The summed E-state index contributed by atoms with van der Waals surface area (Å²) in [5.41, 5.74) is 3.16. The maximum absolute atomic E-state index is 13.6. The van der Waals surface area contributed by atoms with Crippen LogP contribution in [0, 0.1) is 13.8 Å². The summed E-state index contributed by atoms with van der Waals surface area (Å²) in [7, 11) is 5.94. The van der Waals surface area contributed by atoms with Gasteiger partial charge in [-0.3, -0.25) is 14.6 Å². The van der Waals surface area contributed by atoms with Gasteiger partial charge >= 0.3 is 0 Å². The van der Waals surface area contributed by atoms with E-state index in [9.17, 15) is 14.7 Å². The highest BCUT2D eigenvalue weighted by Gasteiger charge is 2.47. The number of likely N-dealkylation sites (tertiary alicyclic amines) is 1. The molecule has 1 aliphatic heterocycles. The number of nitrogens with zero attached hydrogens (tertiary/aromatic N) is 2. The lowest BCUT2D eigenvalue weighted by Crippen LogP contribution is -2.29. The van der Waals surface area contributed by atoms with Gasteiger partial charge in [0.1, 0.15) is 11.5 Å². The van der Waals surface area contributed by atoms with E-state index in [2.05, 4.69) is 4.98 Å². The summed E-state index contributed by atoms with van der Waals surface area (Å²) in [5.74, 6) is -0.413. The Balaban J connectivity index is 2.01. The third-order valence-electron chi connectivity index (χ3n) is 6.52. The van der Waals surface area contributed by atoms with Crippen LogP contribution in [0.15, 0.2) is 54.4 Å². The van der Waals surface area contributed by atoms with E-state index in [1.807, 2.05) is 19.9 Å². The van der Waals surface area contributed by atoms with Gasteiger partial charge in [0.05, 0.1) is 45.6 Å². The molecule has 1 atom stereocenters. The normalized spacial score (nSPS) is 16.5. The maximum atomic E-state index is 13.6. The van der Waals surface area contributed by atoms with Crippen LogP contribution in [-0.2, 0) is 16.1 Å². The largest absolute Gasteiger partial charge is 0.507 e. The number of ketones is 1. The van der Waals surface area contributed by atoms with Crippen LogP contribution >= 0.6 is 0 Å². The molecule has 0 saturated carbocycles. The van der Waals surface area contributed by atoms with E-state index >= 15 is 0 Å². The van der Waals surface area contributed by atoms with Crippen LogP contribution < -0.4 is 18.9 Å². The second kappa shape index (κ2) is 10.8. The predicted molar refractivity (Wildman–Crippen MR) is 141 cm³/mol. The molecule has 1 saturated heterocycles. The molecular weight excluding hydrogens is 488 g/mol. The number of pyridine rings is 1. The molecule has 38 heavy (non-hydrogen) atoms. The van der Waals surface area contributed by atoms with Crippen molar-refractivity contribution in [2.75, 3.05) is 28.4 Å². The molecule has 1 aromatic heterocycles. The van der Waals surface area contributed by atoms with Crippen molar-refractivity contribution in [3.05, 3.63) is 82.2 Å². The first-order chi connectivity index (χ1) is 18.2. The molecule has 0 aliphatic carbocycles. The fourth-order valence-corrected chi connectivity index (χ4v) is 4.88. The summed E-state index contributed by atoms with van der Waals surface area (Å²) in [6.07, 6.45) is 3.22. The van der Waals surface area contributed by atoms with Crippen LogP contribution in [0.1, 0.15) is 33.9 Å².